The molecule has 274 valence electrons. The van der Waals surface area contributed by atoms with E-state index in [0.717, 1.165) is 78.4 Å². The monoisotopic (exact) mass is 737 g/mol. The third-order valence-corrected chi connectivity index (χ3v) is 10.7. The Morgan fingerprint density at radius 2 is 1.23 bits per heavy atom. The molecule has 10 rings (SSSR count). The largest absolute Gasteiger partial charge is 0.458 e. The summed E-state index contributed by atoms with van der Waals surface area (Å²) < 4.78 is 13.2. The van der Waals surface area contributed by atoms with E-state index in [4.69, 9.17) is 14.7 Å². The third kappa shape index (κ3) is 6.12. The lowest BCUT2D eigenvalue weighted by Gasteiger charge is -2.20. The number of fused-ring (bicyclic) bond motifs is 4. The maximum atomic E-state index is 6.69. The average Bonchev–Trinajstić information content (AvgIpc) is 3.80. The summed E-state index contributed by atoms with van der Waals surface area (Å²) in [4.78, 5) is 9.59. The van der Waals surface area contributed by atoms with Gasteiger partial charge in [-0.3, -0.25) is 18.7 Å². The topological polar surface area (TPSA) is 48.8 Å². The van der Waals surface area contributed by atoms with Crippen molar-refractivity contribution in [2.24, 2.45) is 0 Å². The highest BCUT2D eigenvalue weighted by Crippen LogP contribution is 2.37. The van der Waals surface area contributed by atoms with Crippen LogP contribution in [0.15, 0.2) is 182 Å². The van der Waals surface area contributed by atoms with Crippen molar-refractivity contribution in [2.75, 3.05) is 0 Å². The van der Waals surface area contributed by atoms with Crippen molar-refractivity contribution in [3.63, 3.8) is 0 Å². The van der Waals surface area contributed by atoms with E-state index in [2.05, 4.69) is 180 Å². The minimum Gasteiger partial charge on any atom is -0.458 e. The van der Waals surface area contributed by atoms with Crippen LogP contribution in [-0.2, 0) is 5.41 Å². The average molecular weight is 738 g/mol. The maximum Gasteiger partial charge on any atom is 0.269 e. The molecule has 0 amide bonds. The van der Waals surface area contributed by atoms with Crippen LogP contribution in [0, 0.1) is 6.33 Å². The van der Waals surface area contributed by atoms with Crippen LogP contribution in [0.3, 0.4) is 0 Å². The first-order valence-corrected chi connectivity index (χ1v) is 19.2. The summed E-state index contributed by atoms with van der Waals surface area (Å²) in [6.45, 7) is 6.69. The molecule has 10 aromatic rings. The Balaban J connectivity index is 1.08. The summed E-state index contributed by atoms with van der Waals surface area (Å²) in [6.07, 6.45) is 9.56. The van der Waals surface area contributed by atoms with E-state index >= 15 is 0 Å². The lowest BCUT2D eigenvalue weighted by atomic mass is 9.88. The van der Waals surface area contributed by atoms with Crippen LogP contribution in [0.25, 0.3) is 72.3 Å². The number of aromatic nitrogens is 5. The second-order valence-electron chi connectivity index (χ2n) is 15.4. The maximum absolute atomic E-state index is 6.69. The van der Waals surface area contributed by atoms with E-state index in [9.17, 15) is 0 Å². The van der Waals surface area contributed by atoms with Gasteiger partial charge >= 0.3 is 0 Å². The van der Waals surface area contributed by atoms with Gasteiger partial charge in [-0.15, -0.1) is 0 Å². The molecule has 0 aliphatic heterocycles. The first kappa shape index (κ1) is 34.2. The molecule has 0 fully saturated rings. The van der Waals surface area contributed by atoms with Crippen LogP contribution in [0.4, 0.5) is 0 Å². The number of nitrogens with zero attached hydrogens (tertiary/aromatic N) is 5. The van der Waals surface area contributed by atoms with Gasteiger partial charge in [-0.1, -0.05) is 130 Å². The molecule has 0 spiro atoms. The van der Waals surface area contributed by atoms with Crippen molar-refractivity contribution >= 4 is 32.8 Å². The molecule has 0 N–H and O–H groups in total. The SMILES string of the molecule is CC(C)(C)c1ccnc(-n2c3ccccc3c3ccc(Oc4cccc(-n5[c-][n+](-c6c(-c7ccccc7)cncc6-c6ccccc6)c6ccccc65)c4)cc32)c1. The van der Waals surface area contributed by atoms with E-state index in [1.165, 1.54) is 10.9 Å². The molecule has 6 nitrogen and oxygen atoms in total. The minimum atomic E-state index is -0.00977. The van der Waals surface area contributed by atoms with Crippen LogP contribution in [0.1, 0.15) is 26.3 Å². The highest BCUT2D eigenvalue weighted by molar-refractivity contribution is 6.09. The Labute approximate surface area is 331 Å². The second kappa shape index (κ2) is 13.8. The number of imidazole rings is 1. The van der Waals surface area contributed by atoms with Gasteiger partial charge in [-0.05, 0) is 70.6 Å². The first-order chi connectivity index (χ1) is 27.9. The van der Waals surface area contributed by atoms with Gasteiger partial charge in [-0.2, -0.15) is 0 Å². The number of rotatable bonds is 7. The molecule has 0 atom stereocenters. The van der Waals surface area contributed by atoms with E-state index in [-0.39, 0.29) is 5.41 Å². The Bertz CT molecular complexity index is 3030. The van der Waals surface area contributed by atoms with Crippen molar-refractivity contribution in [1.82, 2.24) is 19.1 Å². The molecular formula is C51H39N5O. The van der Waals surface area contributed by atoms with Gasteiger partial charge in [0.2, 0.25) is 0 Å². The zero-order chi connectivity index (χ0) is 38.5. The molecule has 0 saturated carbocycles. The smallest absolute Gasteiger partial charge is 0.269 e. The van der Waals surface area contributed by atoms with Crippen molar-refractivity contribution in [2.45, 2.75) is 26.2 Å². The highest BCUT2D eigenvalue weighted by Gasteiger charge is 2.21. The molecule has 4 aromatic heterocycles. The number of para-hydroxylation sites is 3. The fraction of sp³-hybridized carbons (Fsp3) is 0.0784. The summed E-state index contributed by atoms with van der Waals surface area (Å²) in [5.74, 6) is 2.35. The van der Waals surface area contributed by atoms with Gasteiger partial charge in [0.15, 0.2) is 0 Å². The zero-order valence-electron chi connectivity index (χ0n) is 32.0. The number of hydrogen-bond acceptors (Lipinski definition) is 3. The van der Waals surface area contributed by atoms with Crippen LogP contribution >= 0.6 is 0 Å². The summed E-state index contributed by atoms with van der Waals surface area (Å²) in [5.41, 5.74) is 11.5. The molecule has 6 heteroatoms. The predicted molar refractivity (Wildman–Crippen MR) is 230 cm³/mol. The first-order valence-electron chi connectivity index (χ1n) is 19.2. The van der Waals surface area contributed by atoms with Crippen molar-refractivity contribution < 1.29 is 9.30 Å². The van der Waals surface area contributed by atoms with Crippen molar-refractivity contribution in [3.8, 4) is 50.9 Å². The summed E-state index contributed by atoms with van der Waals surface area (Å²) in [6, 6.07) is 56.6. The Kier molecular flexibility index (Phi) is 8.26. The summed E-state index contributed by atoms with van der Waals surface area (Å²) in [7, 11) is 0. The van der Waals surface area contributed by atoms with Crippen molar-refractivity contribution in [3.05, 3.63) is 194 Å². The Morgan fingerprint density at radius 1 is 0.579 bits per heavy atom. The third-order valence-electron chi connectivity index (χ3n) is 10.7. The number of ether oxygens (including phenoxy) is 1. The molecule has 0 unspecified atom stereocenters. The quantitative estimate of drug-likeness (QED) is 0.121. The van der Waals surface area contributed by atoms with Crippen LogP contribution in [0.2, 0.25) is 0 Å². The number of hydrogen-bond donors (Lipinski definition) is 0. The molecule has 57 heavy (non-hydrogen) atoms. The molecule has 6 aromatic carbocycles. The number of pyridine rings is 2. The zero-order valence-corrected chi connectivity index (χ0v) is 32.0. The van der Waals surface area contributed by atoms with E-state index in [0.29, 0.717) is 0 Å². The fourth-order valence-electron chi connectivity index (χ4n) is 7.86. The molecule has 0 saturated heterocycles. The van der Waals surface area contributed by atoms with E-state index in [1.54, 1.807) is 0 Å². The molecule has 0 radical (unpaired) electrons. The molecular weight excluding hydrogens is 699 g/mol. The van der Waals surface area contributed by atoms with E-state index < -0.39 is 0 Å². The normalized spacial score (nSPS) is 11.8. The minimum absolute atomic E-state index is 0.00977. The van der Waals surface area contributed by atoms with Crippen LogP contribution < -0.4 is 9.30 Å². The highest BCUT2D eigenvalue weighted by atomic mass is 16.5. The fourth-order valence-corrected chi connectivity index (χ4v) is 7.86. The lowest BCUT2D eigenvalue weighted by molar-refractivity contribution is -0.571. The predicted octanol–water partition coefficient (Wildman–Crippen LogP) is 12.0. The van der Waals surface area contributed by atoms with Crippen LogP contribution in [0.5, 0.6) is 11.5 Å². The lowest BCUT2D eigenvalue weighted by Crippen LogP contribution is -2.31. The summed E-state index contributed by atoms with van der Waals surface area (Å²) in [5, 5.41) is 2.32. The second-order valence-corrected chi connectivity index (χ2v) is 15.4. The molecule has 4 heterocycles. The van der Waals surface area contributed by atoms with Gasteiger partial charge in [0.05, 0.1) is 33.4 Å². The van der Waals surface area contributed by atoms with Gasteiger partial charge in [-0.25, -0.2) is 4.98 Å². The van der Waals surface area contributed by atoms with Gasteiger partial charge in [0.1, 0.15) is 17.3 Å². The summed E-state index contributed by atoms with van der Waals surface area (Å²) >= 11 is 0. The Morgan fingerprint density at radius 3 is 1.96 bits per heavy atom. The standard InChI is InChI=1S/C51H39N5O/c1-51(2,3)37-27-28-53-49(29-37)56-45-22-11-10-21-41(45)42-26-25-40(31-48(42)56)57-39-20-14-19-38(30-39)54-34-55(47-24-13-12-23-46(47)54)50-43(35-15-6-4-7-16-35)32-52-33-44(50)36-17-8-5-9-18-36/h4-33H,1-3H3. The molecule has 0 aliphatic rings. The van der Waals surface area contributed by atoms with Crippen molar-refractivity contribution in [1.29, 1.82) is 0 Å². The Hall–Kier alpha value is -7.31. The molecule has 0 aliphatic carbocycles. The molecule has 0 bridgehead atoms. The van der Waals surface area contributed by atoms with Gasteiger partial charge < -0.3 is 4.74 Å². The van der Waals surface area contributed by atoms with E-state index in [1.807, 2.05) is 42.9 Å². The van der Waals surface area contributed by atoms with Gasteiger partial charge in [0.25, 0.3) is 6.33 Å². The van der Waals surface area contributed by atoms with Crippen LogP contribution in [-0.4, -0.2) is 19.1 Å². The van der Waals surface area contributed by atoms with Gasteiger partial charge in [0, 0.05) is 46.6 Å². The number of benzene rings is 6.